The van der Waals surface area contributed by atoms with Crippen LogP contribution in [-0.4, -0.2) is 25.3 Å². The van der Waals surface area contributed by atoms with Crippen LogP contribution in [0.1, 0.15) is 38.3 Å². The highest BCUT2D eigenvalue weighted by molar-refractivity contribution is 7.80. The lowest BCUT2D eigenvalue weighted by Crippen LogP contribution is -2.33. The molecule has 0 saturated carbocycles. The van der Waals surface area contributed by atoms with E-state index in [1.54, 1.807) is 7.11 Å². The first-order valence-electron chi connectivity index (χ1n) is 9.61. The largest absolute Gasteiger partial charge is 0.497 e. The van der Waals surface area contributed by atoms with Gasteiger partial charge in [0.1, 0.15) is 5.75 Å². The van der Waals surface area contributed by atoms with Gasteiger partial charge in [-0.15, -0.1) is 0 Å². The Kier molecular flexibility index (Phi) is 6.56. The summed E-state index contributed by atoms with van der Waals surface area (Å²) in [7, 11) is 1.66. The van der Waals surface area contributed by atoms with Crippen molar-refractivity contribution in [2.75, 3.05) is 30.4 Å². The van der Waals surface area contributed by atoms with Crippen LogP contribution in [0.4, 0.5) is 11.4 Å². The molecule has 1 saturated heterocycles. The number of methoxy groups -OCH3 is 1. The summed E-state index contributed by atoms with van der Waals surface area (Å²) in [6.45, 7) is 6.78. The lowest BCUT2D eigenvalue weighted by Gasteiger charge is -2.32. The molecule has 144 valence electrons. The van der Waals surface area contributed by atoms with E-state index >= 15 is 0 Å². The predicted molar refractivity (Wildman–Crippen MR) is 118 cm³/mol. The van der Waals surface area contributed by atoms with Crippen molar-refractivity contribution in [3.05, 3.63) is 54.1 Å². The van der Waals surface area contributed by atoms with Crippen LogP contribution in [0, 0.1) is 5.92 Å². The number of hydrogen-bond donors (Lipinski definition) is 2. The normalized spacial score (nSPS) is 15.9. The summed E-state index contributed by atoms with van der Waals surface area (Å²) in [5.41, 5.74) is 3.45. The van der Waals surface area contributed by atoms with Crippen LogP contribution in [0.2, 0.25) is 0 Å². The van der Waals surface area contributed by atoms with E-state index in [0.717, 1.165) is 30.4 Å². The lowest BCUT2D eigenvalue weighted by atomic mass is 9.98. The van der Waals surface area contributed by atoms with Gasteiger partial charge >= 0.3 is 0 Å². The monoisotopic (exact) mass is 383 g/mol. The van der Waals surface area contributed by atoms with Crippen LogP contribution < -0.4 is 20.3 Å². The number of anilines is 2. The minimum absolute atomic E-state index is 0.131. The fourth-order valence-electron chi connectivity index (χ4n) is 3.39. The highest BCUT2D eigenvalue weighted by Gasteiger charge is 2.16. The molecule has 0 radical (unpaired) electrons. The van der Waals surface area contributed by atoms with E-state index in [0.29, 0.717) is 5.11 Å². The van der Waals surface area contributed by atoms with Crippen molar-refractivity contribution in [1.82, 2.24) is 5.32 Å². The molecule has 0 bridgehead atoms. The Labute approximate surface area is 167 Å². The van der Waals surface area contributed by atoms with Crippen LogP contribution in [0.25, 0.3) is 0 Å². The minimum Gasteiger partial charge on any atom is -0.497 e. The van der Waals surface area contributed by atoms with Crippen LogP contribution in [0.5, 0.6) is 5.75 Å². The van der Waals surface area contributed by atoms with Gasteiger partial charge in [0.15, 0.2) is 5.11 Å². The molecule has 1 atom stereocenters. The minimum atomic E-state index is 0.131. The van der Waals surface area contributed by atoms with Gasteiger partial charge in [-0.3, -0.25) is 0 Å². The highest BCUT2D eigenvalue weighted by atomic mass is 32.1. The summed E-state index contributed by atoms with van der Waals surface area (Å²) in [5, 5.41) is 7.17. The Hall–Kier alpha value is -2.27. The van der Waals surface area contributed by atoms with Crippen LogP contribution in [-0.2, 0) is 0 Å². The molecule has 0 aliphatic carbocycles. The molecular weight excluding hydrogens is 354 g/mol. The van der Waals surface area contributed by atoms with E-state index in [2.05, 4.69) is 53.6 Å². The maximum Gasteiger partial charge on any atom is 0.171 e. The molecule has 27 heavy (non-hydrogen) atoms. The van der Waals surface area contributed by atoms with Gasteiger partial charge in [0, 0.05) is 30.5 Å². The van der Waals surface area contributed by atoms with Crippen molar-refractivity contribution in [2.24, 2.45) is 5.92 Å². The molecule has 1 heterocycles. The number of benzene rings is 2. The molecule has 0 spiro atoms. The standard InChI is InChI=1S/C22H29N3OS/c1-16-11-13-25(14-12-16)20-9-7-18(8-10-20)17(2)23-22(27)24-19-5-4-6-21(15-19)26-3/h4-10,15-17H,11-14H2,1-3H3,(H2,23,24,27)/t17-/m0/s1. The Morgan fingerprint density at radius 1 is 1.15 bits per heavy atom. The van der Waals surface area contributed by atoms with Crippen molar-refractivity contribution in [2.45, 2.75) is 32.7 Å². The third-order valence-electron chi connectivity index (χ3n) is 5.22. The third-order valence-corrected chi connectivity index (χ3v) is 5.44. The summed E-state index contributed by atoms with van der Waals surface area (Å²) < 4.78 is 5.25. The van der Waals surface area contributed by atoms with Gasteiger partial charge in [0.05, 0.1) is 13.2 Å². The first-order chi connectivity index (χ1) is 13.0. The van der Waals surface area contributed by atoms with Gasteiger partial charge in [0.2, 0.25) is 0 Å². The molecule has 3 rings (SSSR count). The maximum absolute atomic E-state index is 5.46. The van der Waals surface area contributed by atoms with Gasteiger partial charge in [0.25, 0.3) is 0 Å². The average Bonchev–Trinajstić information content (AvgIpc) is 2.68. The zero-order valence-corrected chi connectivity index (χ0v) is 17.2. The molecule has 0 unspecified atom stereocenters. The Balaban J connectivity index is 1.55. The van der Waals surface area contributed by atoms with Gasteiger partial charge in [-0.1, -0.05) is 25.1 Å². The van der Waals surface area contributed by atoms with Gasteiger partial charge < -0.3 is 20.3 Å². The van der Waals surface area contributed by atoms with Crippen molar-refractivity contribution < 1.29 is 4.74 Å². The van der Waals surface area contributed by atoms with E-state index < -0.39 is 0 Å². The number of piperidine rings is 1. The number of nitrogens with one attached hydrogen (secondary N) is 2. The quantitative estimate of drug-likeness (QED) is 0.712. The zero-order valence-electron chi connectivity index (χ0n) is 16.4. The second-order valence-corrected chi connectivity index (χ2v) is 7.72. The van der Waals surface area contributed by atoms with E-state index in [1.807, 2.05) is 24.3 Å². The van der Waals surface area contributed by atoms with E-state index in [4.69, 9.17) is 17.0 Å². The van der Waals surface area contributed by atoms with Crippen molar-refractivity contribution in [1.29, 1.82) is 0 Å². The Bertz CT molecular complexity index is 754. The van der Waals surface area contributed by atoms with E-state index in [1.165, 1.54) is 24.1 Å². The highest BCUT2D eigenvalue weighted by Crippen LogP contribution is 2.24. The van der Waals surface area contributed by atoms with Crippen molar-refractivity contribution in [3.8, 4) is 5.75 Å². The van der Waals surface area contributed by atoms with Crippen molar-refractivity contribution in [3.63, 3.8) is 0 Å². The number of rotatable bonds is 5. The van der Waals surface area contributed by atoms with Crippen LogP contribution in [0.3, 0.4) is 0 Å². The molecule has 0 aromatic heterocycles. The van der Waals surface area contributed by atoms with Crippen LogP contribution in [0.15, 0.2) is 48.5 Å². The molecular formula is C22H29N3OS. The second kappa shape index (κ2) is 9.09. The second-order valence-electron chi connectivity index (χ2n) is 7.31. The predicted octanol–water partition coefficient (Wildman–Crippen LogP) is 4.98. The maximum atomic E-state index is 5.46. The molecule has 2 N–H and O–H groups in total. The summed E-state index contributed by atoms with van der Waals surface area (Å²) in [5.74, 6) is 1.65. The summed E-state index contributed by atoms with van der Waals surface area (Å²) in [6.07, 6.45) is 2.56. The van der Waals surface area contributed by atoms with E-state index in [-0.39, 0.29) is 6.04 Å². The fraction of sp³-hybridized carbons (Fsp3) is 0.409. The van der Waals surface area contributed by atoms with Gasteiger partial charge in [-0.2, -0.15) is 0 Å². The molecule has 2 aromatic rings. The number of hydrogen-bond acceptors (Lipinski definition) is 3. The summed E-state index contributed by atoms with van der Waals surface area (Å²) in [4.78, 5) is 2.48. The molecule has 5 heteroatoms. The zero-order chi connectivity index (χ0) is 19.2. The topological polar surface area (TPSA) is 36.5 Å². The first kappa shape index (κ1) is 19.5. The molecule has 2 aromatic carbocycles. The van der Waals surface area contributed by atoms with E-state index in [9.17, 15) is 0 Å². The number of ether oxygens (including phenoxy) is 1. The van der Waals surface area contributed by atoms with Crippen molar-refractivity contribution >= 4 is 28.7 Å². The molecule has 1 fully saturated rings. The molecule has 1 aliphatic rings. The lowest BCUT2D eigenvalue weighted by molar-refractivity contribution is 0.415. The van der Waals surface area contributed by atoms with Gasteiger partial charge in [-0.25, -0.2) is 0 Å². The summed E-state index contributed by atoms with van der Waals surface area (Å²) in [6, 6.07) is 16.7. The smallest absolute Gasteiger partial charge is 0.171 e. The number of thiocarbonyl (C=S) groups is 1. The SMILES string of the molecule is COc1cccc(NC(=S)N[C@@H](C)c2ccc(N3CCC(C)CC3)cc2)c1. The summed E-state index contributed by atoms with van der Waals surface area (Å²) >= 11 is 5.46. The molecule has 0 amide bonds. The Morgan fingerprint density at radius 3 is 2.52 bits per heavy atom. The Morgan fingerprint density at radius 2 is 1.85 bits per heavy atom. The molecule has 1 aliphatic heterocycles. The van der Waals surface area contributed by atoms with Crippen LogP contribution >= 0.6 is 12.2 Å². The number of nitrogens with zero attached hydrogens (tertiary/aromatic N) is 1. The average molecular weight is 384 g/mol. The fourth-order valence-corrected chi connectivity index (χ4v) is 3.68. The molecule has 4 nitrogen and oxygen atoms in total. The third kappa shape index (κ3) is 5.36. The van der Waals surface area contributed by atoms with Gasteiger partial charge in [-0.05, 0) is 67.7 Å². The first-order valence-corrected chi connectivity index (χ1v) is 10.0.